The van der Waals surface area contributed by atoms with E-state index in [1.165, 1.54) is 29.0 Å². The van der Waals surface area contributed by atoms with Crippen LogP contribution in [0.25, 0.3) is 6.08 Å². The van der Waals surface area contributed by atoms with E-state index in [1.807, 2.05) is 24.3 Å². The Morgan fingerprint density at radius 1 is 1.13 bits per heavy atom. The van der Waals surface area contributed by atoms with Gasteiger partial charge in [-0.3, -0.25) is 9.79 Å². The summed E-state index contributed by atoms with van der Waals surface area (Å²) in [6.07, 6.45) is 8.21. The maximum absolute atomic E-state index is 12.8. The lowest BCUT2D eigenvalue weighted by Gasteiger charge is -2.34. The lowest BCUT2D eigenvalue weighted by Crippen LogP contribution is -2.50. The minimum absolute atomic E-state index is 0.0596. The lowest BCUT2D eigenvalue weighted by molar-refractivity contribution is -0.124. The molecule has 0 aromatic heterocycles. The summed E-state index contributed by atoms with van der Waals surface area (Å²) in [6, 6.07) is 7.47. The van der Waals surface area contributed by atoms with Crippen molar-refractivity contribution in [1.29, 1.82) is 0 Å². The number of carbonyl (C=O) groups is 1. The summed E-state index contributed by atoms with van der Waals surface area (Å²) in [4.78, 5) is 17.5. The number of amidine groups is 1. The molecule has 4 rings (SSSR count). The molecule has 30 heavy (non-hydrogen) atoms. The van der Waals surface area contributed by atoms with Gasteiger partial charge in [0.1, 0.15) is 11.4 Å². The fourth-order valence-corrected chi connectivity index (χ4v) is 5.77. The zero-order chi connectivity index (χ0) is 21.2. The highest BCUT2D eigenvalue weighted by molar-refractivity contribution is 7.92. The number of carbonyl (C=O) groups excluding carboxylic acids is 1. The van der Waals surface area contributed by atoms with E-state index in [4.69, 9.17) is 10.7 Å². The zero-order valence-corrected chi connectivity index (χ0v) is 18.0. The van der Waals surface area contributed by atoms with Crippen LogP contribution in [-0.4, -0.2) is 43.1 Å². The van der Waals surface area contributed by atoms with Crippen molar-refractivity contribution in [3.63, 3.8) is 0 Å². The predicted octanol–water partition coefficient (Wildman–Crippen LogP) is 2.39. The smallest absolute Gasteiger partial charge is 0.253 e. The average Bonchev–Trinajstić information content (AvgIpc) is 3.09. The second kappa shape index (κ2) is 8.61. The second-order valence-corrected chi connectivity index (χ2v) is 10.3. The largest absolute Gasteiger partial charge is 0.326 e. The highest BCUT2D eigenvalue weighted by Crippen LogP contribution is 2.34. The zero-order valence-electron chi connectivity index (χ0n) is 17.2. The number of nitrogens with two attached hydrogens (primary N) is 1. The number of nitrogens with one attached hydrogen (secondary N) is 1. The normalized spacial score (nSPS) is 23.1. The molecule has 0 atom stereocenters. The van der Waals surface area contributed by atoms with Gasteiger partial charge in [0.2, 0.25) is 10.0 Å². The van der Waals surface area contributed by atoms with Gasteiger partial charge in [0, 0.05) is 31.0 Å². The molecule has 2 fully saturated rings. The standard InChI is InChI=1S/C22H30N4O3S/c23-16-18-8-6-17(7-9-18)10-15-30(28,29)26-13-11-22(12-14-26)21(27)24-20(25-22)19-4-2-1-3-5-19/h6-10,15,19H,1-5,11-14,16,23H2,(H,24,25,27). The molecule has 1 aliphatic carbocycles. The minimum atomic E-state index is -3.55. The van der Waals surface area contributed by atoms with Crippen molar-refractivity contribution < 1.29 is 13.2 Å². The summed E-state index contributed by atoms with van der Waals surface area (Å²) in [6.45, 7) is 1.05. The number of rotatable bonds is 5. The number of sulfonamides is 1. The van der Waals surface area contributed by atoms with Crippen LogP contribution in [0.3, 0.4) is 0 Å². The van der Waals surface area contributed by atoms with Gasteiger partial charge in [0.05, 0.1) is 0 Å². The molecule has 1 amide bonds. The first-order valence-corrected chi connectivity index (χ1v) is 12.3. The number of hydrogen-bond donors (Lipinski definition) is 2. The van der Waals surface area contributed by atoms with Gasteiger partial charge >= 0.3 is 0 Å². The van der Waals surface area contributed by atoms with Crippen molar-refractivity contribution in [1.82, 2.24) is 9.62 Å². The van der Waals surface area contributed by atoms with Gasteiger partial charge in [-0.2, -0.15) is 4.31 Å². The summed E-state index contributed by atoms with van der Waals surface area (Å²) >= 11 is 0. The van der Waals surface area contributed by atoms with E-state index in [-0.39, 0.29) is 5.91 Å². The Hall–Kier alpha value is -2.03. The first kappa shape index (κ1) is 21.2. The van der Waals surface area contributed by atoms with Crippen LogP contribution in [0.4, 0.5) is 0 Å². The molecule has 1 saturated heterocycles. The molecule has 3 N–H and O–H groups in total. The van der Waals surface area contributed by atoms with E-state index >= 15 is 0 Å². The van der Waals surface area contributed by atoms with E-state index < -0.39 is 15.6 Å². The molecule has 8 heteroatoms. The molecule has 2 heterocycles. The fourth-order valence-electron chi connectivity index (χ4n) is 4.58. The maximum Gasteiger partial charge on any atom is 0.253 e. The molecular weight excluding hydrogens is 400 g/mol. The average molecular weight is 431 g/mol. The Kier molecular flexibility index (Phi) is 6.09. The van der Waals surface area contributed by atoms with Crippen LogP contribution in [0, 0.1) is 5.92 Å². The third-order valence-corrected chi connectivity index (χ3v) is 8.11. The highest BCUT2D eigenvalue weighted by Gasteiger charge is 2.48. The first-order chi connectivity index (χ1) is 14.4. The molecule has 1 saturated carbocycles. The number of nitrogens with zero attached hydrogens (tertiary/aromatic N) is 2. The molecule has 1 aromatic carbocycles. The monoisotopic (exact) mass is 430 g/mol. The van der Waals surface area contributed by atoms with Crippen molar-refractivity contribution in [2.24, 2.45) is 16.6 Å². The molecule has 3 aliphatic rings. The molecule has 0 unspecified atom stereocenters. The van der Waals surface area contributed by atoms with Crippen LogP contribution in [-0.2, 0) is 21.4 Å². The molecule has 7 nitrogen and oxygen atoms in total. The molecule has 1 aromatic rings. The third-order valence-electron chi connectivity index (χ3n) is 6.55. The van der Waals surface area contributed by atoms with Crippen LogP contribution in [0.1, 0.15) is 56.1 Å². The number of amides is 1. The number of benzene rings is 1. The number of aliphatic imine (C=N–C) groups is 1. The first-order valence-electron chi connectivity index (χ1n) is 10.8. The van der Waals surface area contributed by atoms with Crippen molar-refractivity contribution >= 4 is 27.8 Å². The Labute approximate surface area is 178 Å². The van der Waals surface area contributed by atoms with E-state index in [2.05, 4.69) is 5.32 Å². The van der Waals surface area contributed by atoms with Gasteiger partial charge in [-0.05, 0) is 42.9 Å². The van der Waals surface area contributed by atoms with Gasteiger partial charge in [-0.25, -0.2) is 8.42 Å². The lowest BCUT2D eigenvalue weighted by atomic mass is 9.88. The van der Waals surface area contributed by atoms with Gasteiger partial charge in [0.25, 0.3) is 5.91 Å². The van der Waals surface area contributed by atoms with Crippen LogP contribution in [0.15, 0.2) is 34.7 Å². The van der Waals surface area contributed by atoms with E-state index in [0.29, 0.717) is 38.4 Å². The Balaban J connectivity index is 1.41. The number of piperidine rings is 1. The van der Waals surface area contributed by atoms with Gasteiger partial charge in [-0.1, -0.05) is 43.5 Å². The maximum atomic E-state index is 12.8. The molecule has 1 spiro atoms. The van der Waals surface area contributed by atoms with Gasteiger partial charge < -0.3 is 11.1 Å². The topological polar surface area (TPSA) is 105 Å². The predicted molar refractivity (Wildman–Crippen MR) is 118 cm³/mol. The van der Waals surface area contributed by atoms with E-state index in [1.54, 1.807) is 6.08 Å². The Morgan fingerprint density at radius 2 is 1.80 bits per heavy atom. The Morgan fingerprint density at radius 3 is 2.43 bits per heavy atom. The summed E-state index contributed by atoms with van der Waals surface area (Å²) < 4.78 is 27.0. The van der Waals surface area contributed by atoms with Crippen LogP contribution >= 0.6 is 0 Å². The van der Waals surface area contributed by atoms with Gasteiger partial charge in [0.15, 0.2) is 0 Å². The van der Waals surface area contributed by atoms with Crippen molar-refractivity contribution in [2.45, 2.75) is 57.0 Å². The summed E-state index contributed by atoms with van der Waals surface area (Å²) in [7, 11) is -3.55. The van der Waals surface area contributed by atoms with Gasteiger partial charge in [-0.15, -0.1) is 0 Å². The summed E-state index contributed by atoms with van der Waals surface area (Å²) in [5.74, 6) is 1.12. The Bertz CT molecular complexity index is 939. The van der Waals surface area contributed by atoms with Crippen LogP contribution in [0.5, 0.6) is 0 Å². The molecule has 0 radical (unpaired) electrons. The van der Waals surface area contributed by atoms with Crippen LogP contribution in [0.2, 0.25) is 0 Å². The second-order valence-electron chi connectivity index (χ2n) is 8.51. The molecule has 162 valence electrons. The fraction of sp³-hybridized carbons (Fsp3) is 0.545. The SMILES string of the molecule is NCc1ccc(C=CS(=O)(=O)N2CCC3(CC2)N=C(C2CCCCC2)NC3=O)cc1. The quantitative estimate of drug-likeness (QED) is 0.748. The van der Waals surface area contributed by atoms with Crippen molar-refractivity contribution in [2.75, 3.05) is 13.1 Å². The van der Waals surface area contributed by atoms with Crippen LogP contribution < -0.4 is 11.1 Å². The number of hydrogen-bond acceptors (Lipinski definition) is 5. The summed E-state index contributed by atoms with van der Waals surface area (Å²) in [5, 5.41) is 4.26. The third kappa shape index (κ3) is 4.36. The van der Waals surface area contributed by atoms with Crippen molar-refractivity contribution in [3.05, 3.63) is 40.8 Å². The molecular formula is C22H30N4O3S. The van der Waals surface area contributed by atoms with E-state index in [9.17, 15) is 13.2 Å². The summed E-state index contributed by atoms with van der Waals surface area (Å²) in [5.41, 5.74) is 6.61. The van der Waals surface area contributed by atoms with Crippen molar-refractivity contribution in [3.8, 4) is 0 Å². The van der Waals surface area contributed by atoms with E-state index in [0.717, 1.165) is 29.8 Å². The highest BCUT2D eigenvalue weighted by atomic mass is 32.2. The minimum Gasteiger partial charge on any atom is -0.326 e. The molecule has 0 bridgehead atoms. The molecule has 2 aliphatic heterocycles.